The number of aliphatic carboxylic acids is 2. The Balaban J connectivity index is 0.000000427. The first-order chi connectivity index (χ1) is 15.3. The van der Waals surface area contributed by atoms with Crippen LogP contribution in [0.15, 0.2) is 42.7 Å². The van der Waals surface area contributed by atoms with E-state index in [1.54, 1.807) is 0 Å². The molecule has 1 fully saturated rings. The van der Waals surface area contributed by atoms with Crippen LogP contribution in [0.5, 0.6) is 0 Å². The van der Waals surface area contributed by atoms with Gasteiger partial charge in [0.1, 0.15) is 5.82 Å². The Bertz CT molecular complexity index is 978. The van der Waals surface area contributed by atoms with Crippen molar-refractivity contribution in [1.82, 2.24) is 9.88 Å². The van der Waals surface area contributed by atoms with Crippen LogP contribution in [0, 0.1) is 11.7 Å². The Hall–Kier alpha value is -3.17. The fraction of sp³-hybridized carbons (Fsp3) is 0.391. The fourth-order valence-corrected chi connectivity index (χ4v) is 4.33. The lowest BCUT2D eigenvalue weighted by molar-refractivity contribution is -0.159. The second-order valence-electron chi connectivity index (χ2n) is 7.99. The molecule has 0 spiro atoms. The van der Waals surface area contributed by atoms with Gasteiger partial charge >= 0.3 is 11.9 Å². The summed E-state index contributed by atoms with van der Waals surface area (Å²) >= 11 is 0. The second kappa shape index (κ2) is 10.4. The quantitative estimate of drug-likeness (QED) is 0.483. The van der Waals surface area contributed by atoms with Gasteiger partial charge in [0.2, 0.25) is 0 Å². The number of halogens is 1. The summed E-state index contributed by atoms with van der Waals surface area (Å²) in [5, 5.41) is 25.4. The third-order valence-electron chi connectivity index (χ3n) is 5.96. The van der Waals surface area contributed by atoms with Gasteiger partial charge in [-0.05, 0) is 49.5 Å². The first-order valence-electron chi connectivity index (χ1n) is 10.4. The number of ketones is 1. The van der Waals surface area contributed by atoms with Crippen molar-refractivity contribution in [2.75, 3.05) is 13.1 Å². The average Bonchev–Trinajstić information content (AvgIpc) is 2.78. The Kier molecular flexibility index (Phi) is 7.66. The summed E-state index contributed by atoms with van der Waals surface area (Å²) in [6.07, 6.45) is 5.20. The number of carbonyl (C=O) groups is 3. The Labute approximate surface area is 184 Å². The van der Waals surface area contributed by atoms with Crippen LogP contribution in [0.3, 0.4) is 0 Å². The molecule has 0 radical (unpaired) electrons. The second-order valence-corrected chi connectivity index (χ2v) is 7.99. The predicted octanol–water partition coefficient (Wildman–Crippen LogP) is 1.80. The van der Waals surface area contributed by atoms with Crippen LogP contribution in [0.1, 0.15) is 34.3 Å². The van der Waals surface area contributed by atoms with Crippen molar-refractivity contribution in [3.05, 3.63) is 65.2 Å². The summed E-state index contributed by atoms with van der Waals surface area (Å²) in [5.74, 6) is -4.24. The number of hydrogen-bond acceptors (Lipinski definition) is 6. The molecule has 1 aromatic carbocycles. The third-order valence-corrected chi connectivity index (χ3v) is 5.96. The van der Waals surface area contributed by atoms with Crippen LogP contribution in [0.25, 0.3) is 0 Å². The Morgan fingerprint density at radius 1 is 0.969 bits per heavy atom. The minimum Gasteiger partial charge on any atom is -0.473 e. The van der Waals surface area contributed by atoms with Crippen LogP contribution in [-0.4, -0.2) is 68.2 Å². The highest BCUT2D eigenvalue weighted by Crippen LogP contribution is 2.29. The highest BCUT2D eigenvalue weighted by Gasteiger charge is 2.35. The minimum absolute atomic E-state index is 0.0220. The van der Waals surface area contributed by atoms with Gasteiger partial charge in [-0.15, -0.1) is 0 Å². The molecular formula is C23H25FN2O6. The first-order valence-corrected chi connectivity index (χ1v) is 10.4. The number of carboxylic acids is 2. The molecule has 1 aromatic heterocycles. The van der Waals surface area contributed by atoms with Gasteiger partial charge in [0.25, 0.3) is 0 Å². The van der Waals surface area contributed by atoms with Crippen molar-refractivity contribution in [3.8, 4) is 0 Å². The maximum absolute atomic E-state index is 13.3. The predicted molar refractivity (Wildman–Crippen MR) is 112 cm³/mol. The van der Waals surface area contributed by atoms with Crippen LogP contribution >= 0.6 is 0 Å². The summed E-state index contributed by atoms with van der Waals surface area (Å²) in [5.41, 5.74) is 2.90. The lowest BCUT2D eigenvalue weighted by atomic mass is 9.83. The van der Waals surface area contributed by atoms with Gasteiger partial charge in [-0.25, -0.2) is 14.0 Å². The van der Waals surface area contributed by atoms with E-state index >= 15 is 0 Å². The zero-order valence-corrected chi connectivity index (χ0v) is 17.4. The molecule has 0 unspecified atom stereocenters. The number of aromatic nitrogens is 1. The van der Waals surface area contributed by atoms with Gasteiger partial charge in [-0.2, -0.15) is 0 Å². The van der Waals surface area contributed by atoms with Crippen LogP contribution in [0.4, 0.5) is 4.39 Å². The van der Waals surface area contributed by atoms with Crippen LogP contribution in [0.2, 0.25) is 0 Å². The number of aliphatic hydroxyl groups excluding tert-OH is 1. The fourth-order valence-electron chi connectivity index (χ4n) is 4.33. The molecule has 1 saturated heterocycles. The largest absolute Gasteiger partial charge is 0.473 e. The van der Waals surface area contributed by atoms with Gasteiger partial charge < -0.3 is 15.3 Å². The molecule has 0 saturated carbocycles. The number of fused-ring (bicyclic) bond motifs is 1. The number of nitrogens with zero attached hydrogens (tertiary/aromatic N) is 2. The molecule has 2 aromatic rings. The lowest BCUT2D eigenvalue weighted by Gasteiger charge is -2.41. The highest BCUT2D eigenvalue weighted by molar-refractivity contribution is 6.27. The lowest BCUT2D eigenvalue weighted by Crippen LogP contribution is -2.51. The van der Waals surface area contributed by atoms with E-state index in [-0.39, 0.29) is 23.8 Å². The number of piperidine rings is 1. The van der Waals surface area contributed by atoms with E-state index in [1.807, 2.05) is 12.1 Å². The summed E-state index contributed by atoms with van der Waals surface area (Å²) < 4.78 is 13.3. The highest BCUT2D eigenvalue weighted by atomic mass is 19.1. The van der Waals surface area contributed by atoms with Crippen molar-refractivity contribution < 1.29 is 34.1 Å². The van der Waals surface area contributed by atoms with Crippen molar-refractivity contribution in [2.24, 2.45) is 5.92 Å². The number of carbonyl (C=O) groups excluding carboxylic acids is 1. The average molecular weight is 444 g/mol. The molecule has 170 valence electrons. The standard InChI is InChI=1S/C21H23FN2O2.C2H2O4/c22-18-9-17(12-23-13-18)21(26)14-5-7-24(8-6-14)19-10-15-3-1-2-4-16(15)11-20(19)25;3-1(4)2(5)6/h1-4,9,12-14,19-20,25H,5-8,10-11H2;(H,3,4)(H,5,6)/t19-,20-;/m0./s1. The van der Waals surface area contributed by atoms with E-state index in [1.165, 1.54) is 23.4 Å². The molecule has 2 aliphatic rings. The van der Waals surface area contributed by atoms with E-state index in [4.69, 9.17) is 19.8 Å². The summed E-state index contributed by atoms with van der Waals surface area (Å²) in [7, 11) is 0. The number of likely N-dealkylation sites (tertiary alicyclic amines) is 1. The maximum atomic E-state index is 13.3. The molecule has 0 amide bonds. The van der Waals surface area contributed by atoms with Gasteiger partial charge in [0, 0.05) is 30.1 Å². The number of carboxylic acid groups (broad SMARTS) is 2. The van der Waals surface area contributed by atoms with Crippen molar-refractivity contribution in [1.29, 1.82) is 0 Å². The number of hydrogen-bond donors (Lipinski definition) is 3. The molecule has 8 nitrogen and oxygen atoms in total. The molecule has 1 aliphatic carbocycles. The molecule has 2 atom stereocenters. The van der Waals surface area contributed by atoms with Crippen molar-refractivity contribution >= 4 is 17.7 Å². The van der Waals surface area contributed by atoms with E-state index in [9.17, 15) is 14.3 Å². The van der Waals surface area contributed by atoms with Gasteiger partial charge in [-0.1, -0.05) is 24.3 Å². The first kappa shape index (κ1) is 23.5. The number of rotatable bonds is 3. The minimum atomic E-state index is -1.82. The van der Waals surface area contributed by atoms with Crippen molar-refractivity contribution in [3.63, 3.8) is 0 Å². The Morgan fingerprint density at radius 3 is 2.12 bits per heavy atom. The van der Waals surface area contributed by atoms with E-state index in [0.717, 1.165) is 38.5 Å². The zero-order chi connectivity index (χ0) is 23.3. The number of pyridine rings is 1. The van der Waals surface area contributed by atoms with E-state index in [0.29, 0.717) is 12.0 Å². The van der Waals surface area contributed by atoms with Crippen LogP contribution < -0.4 is 0 Å². The maximum Gasteiger partial charge on any atom is 0.414 e. The Morgan fingerprint density at radius 2 is 1.56 bits per heavy atom. The van der Waals surface area contributed by atoms with E-state index < -0.39 is 17.8 Å². The monoisotopic (exact) mass is 444 g/mol. The topological polar surface area (TPSA) is 128 Å². The number of Topliss-reactive ketones (excluding diaryl/α,β-unsaturated/α-hetero) is 1. The van der Waals surface area contributed by atoms with E-state index in [2.05, 4.69) is 22.0 Å². The summed E-state index contributed by atoms with van der Waals surface area (Å²) in [6.45, 7) is 1.56. The van der Waals surface area contributed by atoms with Gasteiger partial charge in [0.15, 0.2) is 5.78 Å². The summed E-state index contributed by atoms with van der Waals surface area (Å²) in [6, 6.07) is 9.67. The third kappa shape index (κ3) is 5.74. The summed E-state index contributed by atoms with van der Waals surface area (Å²) in [4.78, 5) is 36.9. The molecular weight excluding hydrogens is 419 g/mol. The molecule has 32 heavy (non-hydrogen) atoms. The molecule has 9 heteroatoms. The number of aliphatic hydroxyl groups is 1. The van der Waals surface area contributed by atoms with Crippen molar-refractivity contribution in [2.45, 2.75) is 37.8 Å². The van der Waals surface area contributed by atoms with Crippen LogP contribution in [-0.2, 0) is 22.4 Å². The number of benzene rings is 1. The normalized spacial score (nSPS) is 21.1. The molecule has 2 heterocycles. The molecule has 1 aliphatic heterocycles. The SMILES string of the molecule is O=C(O)C(=O)O.O=C(c1cncc(F)c1)C1CCN([C@H]2Cc3ccccc3C[C@@H]2O)CC1. The zero-order valence-electron chi connectivity index (χ0n) is 17.4. The molecule has 3 N–H and O–H groups in total. The molecule has 0 bridgehead atoms. The van der Waals surface area contributed by atoms with Gasteiger partial charge in [0.05, 0.1) is 12.3 Å². The smallest absolute Gasteiger partial charge is 0.414 e. The van der Waals surface area contributed by atoms with Gasteiger partial charge in [-0.3, -0.25) is 14.7 Å². The molecule has 4 rings (SSSR count).